The highest BCUT2D eigenvalue weighted by atomic mass is 35.5. The molecule has 1 fully saturated rings. The van der Waals surface area contributed by atoms with Gasteiger partial charge in [-0.1, -0.05) is 11.6 Å². The number of halogens is 1. The number of fused-ring (bicyclic) bond motifs is 1. The topological polar surface area (TPSA) is 64.3 Å². The second-order valence-corrected chi connectivity index (χ2v) is 5.44. The zero-order chi connectivity index (χ0) is 14.9. The molecule has 3 heterocycles. The molecule has 1 aliphatic heterocycles. The van der Waals surface area contributed by atoms with Crippen molar-refractivity contribution >= 4 is 28.6 Å². The van der Waals surface area contributed by atoms with Crippen molar-refractivity contribution in [2.45, 2.75) is 0 Å². The first-order valence-electron chi connectivity index (χ1n) is 7.01. The van der Waals surface area contributed by atoms with Crippen LogP contribution in [0.4, 0.5) is 5.95 Å². The van der Waals surface area contributed by atoms with Crippen LogP contribution < -0.4 is 4.90 Å². The lowest BCUT2D eigenvalue weighted by Crippen LogP contribution is -2.37. The van der Waals surface area contributed by atoms with Crippen LogP contribution in [-0.2, 0) is 4.74 Å². The number of nitrogens with zero attached hydrogens (tertiary/aromatic N) is 4. The Morgan fingerprint density at radius 3 is 2.64 bits per heavy atom. The summed E-state index contributed by atoms with van der Waals surface area (Å²) < 4.78 is 11.0. The molecule has 1 aliphatic rings. The van der Waals surface area contributed by atoms with Crippen molar-refractivity contribution in [3.8, 4) is 11.5 Å². The lowest BCUT2D eigenvalue weighted by atomic mass is 10.3. The van der Waals surface area contributed by atoms with E-state index in [9.17, 15) is 0 Å². The summed E-state index contributed by atoms with van der Waals surface area (Å²) in [5, 5.41) is 0.631. The van der Waals surface area contributed by atoms with Crippen molar-refractivity contribution in [1.82, 2.24) is 15.0 Å². The van der Waals surface area contributed by atoms with Crippen LogP contribution in [0.2, 0.25) is 5.02 Å². The van der Waals surface area contributed by atoms with E-state index in [0.29, 0.717) is 35.7 Å². The van der Waals surface area contributed by atoms with Gasteiger partial charge in [-0.15, -0.1) is 0 Å². The van der Waals surface area contributed by atoms with Gasteiger partial charge in [0.25, 0.3) is 0 Å². The summed E-state index contributed by atoms with van der Waals surface area (Å²) in [5.74, 6) is 1.19. The fourth-order valence-corrected chi connectivity index (χ4v) is 2.55. The third-order valence-electron chi connectivity index (χ3n) is 3.53. The van der Waals surface area contributed by atoms with Crippen molar-refractivity contribution in [1.29, 1.82) is 0 Å². The molecule has 0 saturated carbocycles. The SMILES string of the molecule is Clc1ccc2oc(-c3cnc(N4CCOCC4)nc3)nc2c1. The van der Waals surface area contributed by atoms with Crippen LogP contribution in [0, 0.1) is 0 Å². The molecule has 7 heteroatoms. The van der Waals surface area contributed by atoms with E-state index in [1.807, 2.05) is 0 Å². The summed E-state index contributed by atoms with van der Waals surface area (Å²) in [6, 6.07) is 5.35. The van der Waals surface area contributed by atoms with Crippen LogP contribution in [0.25, 0.3) is 22.6 Å². The maximum absolute atomic E-state index is 5.96. The molecule has 0 spiro atoms. The van der Waals surface area contributed by atoms with Gasteiger partial charge in [0.1, 0.15) is 5.52 Å². The molecule has 0 aliphatic carbocycles. The van der Waals surface area contributed by atoms with Crippen molar-refractivity contribution in [2.75, 3.05) is 31.2 Å². The molecule has 3 aromatic rings. The second-order valence-electron chi connectivity index (χ2n) is 5.00. The summed E-state index contributed by atoms with van der Waals surface area (Å²) in [4.78, 5) is 15.3. The van der Waals surface area contributed by atoms with Crippen LogP contribution in [0.15, 0.2) is 35.0 Å². The number of aromatic nitrogens is 3. The van der Waals surface area contributed by atoms with Gasteiger partial charge in [-0.2, -0.15) is 0 Å². The molecule has 6 nitrogen and oxygen atoms in total. The standard InChI is InChI=1S/C15H13ClN4O2/c16-11-1-2-13-12(7-11)19-14(22-13)10-8-17-15(18-9-10)20-3-5-21-6-4-20/h1-2,7-9H,3-6H2. The number of benzene rings is 1. The van der Waals surface area contributed by atoms with Crippen molar-refractivity contribution < 1.29 is 9.15 Å². The Kier molecular flexibility index (Phi) is 3.40. The Labute approximate surface area is 131 Å². The van der Waals surface area contributed by atoms with Gasteiger partial charge < -0.3 is 14.1 Å². The first-order chi connectivity index (χ1) is 10.8. The molecule has 0 unspecified atom stereocenters. The number of anilines is 1. The summed E-state index contributed by atoms with van der Waals surface area (Å²) in [6.07, 6.45) is 3.45. The molecule has 1 saturated heterocycles. The number of morpholine rings is 1. The third-order valence-corrected chi connectivity index (χ3v) is 3.76. The molecule has 22 heavy (non-hydrogen) atoms. The maximum atomic E-state index is 5.96. The van der Waals surface area contributed by atoms with E-state index in [0.717, 1.165) is 24.2 Å². The van der Waals surface area contributed by atoms with E-state index in [1.165, 1.54) is 0 Å². The number of oxazole rings is 1. The Morgan fingerprint density at radius 1 is 1.09 bits per heavy atom. The zero-order valence-corrected chi connectivity index (χ0v) is 12.5. The minimum absolute atomic E-state index is 0.491. The summed E-state index contributed by atoms with van der Waals surface area (Å²) in [6.45, 7) is 3.02. The zero-order valence-electron chi connectivity index (χ0n) is 11.7. The van der Waals surface area contributed by atoms with E-state index in [1.54, 1.807) is 30.6 Å². The van der Waals surface area contributed by atoms with Gasteiger partial charge in [0, 0.05) is 30.5 Å². The van der Waals surface area contributed by atoms with E-state index in [2.05, 4.69) is 19.9 Å². The lowest BCUT2D eigenvalue weighted by molar-refractivity contribution is 0.122. The monoisotopic (exact) mass is 316 g/mol. The quantitative estimate of drug-likeness (QED) is 0.724. The Morgan fingerprint density at radius 2 is 1.86 bits per heavy atom. The smallest absolute Gasteiger partial charge is 0.230 e. The van der Waals surface area contributed by atoms with Crippen molar-refractivity contribution in [3.05, 3.63) is 35.6 Å². The highest BCUT2D eigenvalue weighted by Gasteiger charge is 2.15. The number of rotatable bonds is 2. The second kappa shape index (κ2) is 5.55. The predicted molar refractivity (Wildman–Crippen MR) is 83.1 cm³/mol. The Bertz CT molecular complexity index is 797. The maximum Gasteiger partial charge on any atom is 0.230 e. The molecule has 2 aromatic heterocycles. The van der Waals surface area contributed by atoms with E-state index < -0.39 is 0 Å². The number of hydrogen-bond donors (Lipinski definition) is 0. The van der Waals surface area contributed by atoms with Gasteiger partial charge in [0.2, 0.25) is 11.8 Å². The van der Waals surface area contributed by atoms with E-state index in [4.69, 9.17) is 20.8 Å². The summed E-state index contributed by atoms with van der Waals surface area (Å²) >= 11 is 5.96. The van der Waals surface area contributed by atoms with Gasteiger partial charge in [-0.05, 0) is 18.2 Å². The van der Waals surface area contributed by atoms with Gasteiger partial charge >= 0.3 is 0 Å². The van der Waals surface area contributed by atoms with Gasteiger partial charge in [0.05, 0.1) is 18.8 Å². The van der Waals surface area contributed by atoms with E-state index >= 15 is 0 Å². The lowest BCUT2D eigenvalue weighted by Gasteiger charge is -2.26. The first kappa shape index (κ1) is 13.5. The molecule has 0 bridgehead atoms. The normalized spacial score (nSPS) is 15.4. The summed E-state index contributed by atoms with van der Waals surface area (Å²) in [7, 11) is 0. The average molecular weight is 317 g/mol. The van der Waals surface area contributed by atoms with Crippen LogP contribution in [0.1, 0.15) is 0 Å². The predicted octanol–water partition coefficient (Wildman–Crippen LogP) is 2.77. The average Bonchev–Trinajstić information content (AvgIpc) is 2.99. The van der Waals surface area contributed by atoms with Crippen LogP contribution in [0.5, 0.6) is 0 Å². The Hall–Kier alpha value is -2.18. The minimum atomic E-state index is 0.491. The fourth-order valence-electron chi connectivity index (χ4n) is 2.38. The molecule has 0 N–H and O–H groups in total. The molecular formula is C15H13ClN4O2. The molecular weight excluding hydrogens is 304 g/mol. The molecule has 0 amide bonds. The summed E-state index contributed by atoms with van der Waals surface area (Å²) in [5.41, 5.74) is 2.15. The highest BCUT2D eigenvalue weighted by Crippen LogP contribution is 2.26. The van der Waals surface area contributed by atoms with Crippen LogP contribution in [-0.4, -0.2) is 41.3 Å². The minimum Gasteiger partial charge on any atom is -0.436 e. The van der Waals surface area contributed by atoms with Gasteiger partial charge in [0.15, 0.2) is 5.58 Å². The third kappa shape index (κ3) is 2.51. The van der Waals surface area contributed by atoms with Crippen molar-refractivity contribution in [2.24, 2.45) is 0 Å². The number of ether oxygens (including phenoxy) is 1. The Balaban J connectivity index is 1.63. The van der Waals surface area contributed by atoms with E-state index in [-0.39, 0.29) is 0 Å². The van der Waals surface area contributed by atoms with Crippen LogP contribution in [0.3, 0.4) is 0 Å². The largest absolute Gasteiger partial charge is 0.436 e. The van der Waals surface area contributed by atoms with Gasteiger partial charge in [-0.3, -0.25) is 0 Å². The highest BCUT2D eigenvalue weighted by molar-refractivity contribution is 6.31. The number of hydrogen-bond acceptors (Lipinski definition) is 6. The molecule has 0 radical (unpaired) electrons. The molecule has 4 rings (SSSR count). The van der Waals surface area contributed by atoms with Gasteiger partial charge in [-0.25, -0.2) is 15.0 Å². The molecule has 1 aromatic carbocycles. The molecule has 0 atom stereocenters. The fraction of sp³-hybridized carbons (Fsp3) is 0.267. The molecule has 112 valence electrons. The van der Waals surface area contributed by atoms with Crippen molar-refractivity contribution in [3.63, 3.8) is 0 Å². The van der Waals surface area contributed by atoms with Crippen LogP contribution >= 0.6 is 11.6 Å². The first-order valence-corrected chi connectivity index (χ1v) is 7.38.